The molecular weight excluding hydrogens is 350 g/mol. The van der Waals surface area contributed by atoms with E-state index in [9.17, 15) is 9.59 Å². The standard InChI is InChI=1S/C20H29NO6/c1-19(2,3)27-18(23)21-13-11-16(12-14-21)26-20(25-5,17(22)24-4)15-9-7-6-8-10-15/h6-10,16H,11-14H2,1-5H3. The topological polar surface area (TPSA) is 74.3 Å². The Kier molecular flexibility index (Phi) is 6.84. The van der Waals surface area contributed by atoms with E-state index in [2.05, 4.69) is 0 Å². The van der Waals surface area contributed by atoms with E-state index in [-0.39, 0.29) is 12.2 Å². The molecular formula is C20H29NO6. The van der Waals surface area contributed by atoms with Crippen LogP contribution in [0.3, 0.4) is 0 Å². The van der Waals surface area contributed by atoms with Crippen LogP contribution in [-0.4, -0.2) is 56.0 Å². The summed E-state index contributed by atoms with van der Waals surface area (Å²) in [6.07, 6.45) is 0.528. The van der Waals surface area contributed by atoms with E-state index in [1.54, 1.807) is 29.2 Å². The number of methoxy groups -OCH3 is 2. The third-order valence-electron chi connectivity index (χ3n) is 4.32. The third-order valence-corrected chi connectivity index (χ3v) is 4.32. The van der Waals surface area contributed by atoms with Gasteiger partial charge >= 0.3 is 12.1 Å². The molecule has 1 heterocycles. The Morgan fingerprint density at radius 2 is 1.63 bits per heavy atom. The molecule has 27 heavy (non-hydrogen) atoms. The van der Waals surface area contributed by atoms with E-state index in [1.165, 1.54) is 14.2 Å². The molecule has 1 atom stereocenters. The molecule has 0 N–H and O–H groups in total. The average Bonchev–Trinajstić information content (AvgIpc) is 2.65. The van der Waals surface area contributed by atoms with Crippen molar-refractivity contribution in [2.75, 3.05) is 27.3 Å². The van der Waals surface area contributed by atoms with Gasteiger partial charge in [0, 0.05) is 25.8 Å². The summed E-state index contributed by atoms with van der Waals surface area (Å²) in [5.41, 5.74) is 0.0299. The fourth-order valence-corrected chi connectivity index (χ4v) is 2.99. The Hall–Kier alpha value is -2.12. The molecule has 2 rings (SSSR count). The van der Waals surface area contributed by atoms with Crippen molar-refractivity contribution in [2.24, 2.45) is 0 Å². The lowest BCUT2D eigenvalue weighted by atomic mass is 10.0. The quantitative estimate of drug-likeness (QED) is 0.578. The van der Waals surface area contributed by atoms with Crippen molar-refractivity contribution >= 4 is 12.1 Å². The van der Waals surface area contributed by atoms with Gasteiger partial charge in [0.05, 0.1) is 13.2 Å². The molecule has 1 aromatic carbocycles. The summed E-state index contributed by atoms with van der Waals surface area (Å²) in [5, 5.41) is 0. The molecule has 1 amide bonds. The summed E-state index contributed by atoms with van der Waals surface area (Å²) in [7, 11) is 2.72. The Morgan fingerprint density at radius 1 is 1.04 bits per heavy atom. The molecule has 0 radical (unpaired) electrons. The van der Waals surface area contributed by atoms with Gasteiger partial charge in [-0.25, -0.2) is 9.59 Å². The fraction of sp³-hybridized carbons (Fsp3) is 0.600. The largest absolute Gasteiger partial charge is 0.465 e. The van der Waals surface area contributed by atoms with Crippen molar-refractivity contribution in [2.45, 2.75) is 51.1 Å². The molecule has 0 spiro atoms. The number of piperidine rings is 1. The highest BCUT2D eigenvalue weighted by Gasteiger charge is 2.46. The number of carbonyl (C=O) groups excluding carboxylic acids is 2. The summed E-state index contributed by atoms with van der Waals surface area (Å²) in [4.78, 5) is 26.4. The van der Waals surface area contributed by atoms with Crippen LogP contribution in [-0.2, 0) is 29.5 Å². The number of nitrogens with zero attached hydrogens (tertiary/aromatic N) is 1. The summed E-state index contributed by atoms with van der Waals surface area (Å²) in [6.45, 7) is 6.47. The summed E-state index contributed by atoms with van der Waals surface area (Å²) in [5.74, 6) is -2.25. The Balaban J connectivity index is 2.08. The maximum absolute atomic E-state index is 12.5. The van der Waals surface area contributed by atoms with Crippen LogP contribution in [0, 0.1) is 0 Å². The number of rotatable bonds is 5. The van der Waals surface area contributed by atoms with Crippen molar-refractivity contribution in [1.82, 2.24) is 4.90 Å². The highest BCUT2D eigenvalue weighted by molar-refractivity contribution is 5.79. The van der Waals surface area contributed by atoms with Crippen LogP contribution in [0.25, 0.3) is 0 Å². The Labute approximate surface area is 160 Å². The number of hydrogen-bond acceptors (Lipinski definition) is 6. The monoisotopic (exact) mass is 379 g/mol. The van der Waals surface area contributed by atoms with Crippen LogP contribution in [0.4, 0.5) is 4.79 Å². The van der Waals surface area contributed by atoms with Crippen LogP contribution in [0.5, 0.6) is 0 Å². The minimum Gasteiger partial charge on any atom is -0.465 e. The van der Waals surface area contributed by atoms with Crippen molar-refractivity contribution < 1.29 is 28.5 Å². The maximum Gasteiger partial charge on any atom is 0.410 e. The molecule has 1 aliphatic heterocycles. The zero-order chi connectivity index (χ0) is 20.1. The first-order valence-corrected chi connectivity index (χ1v) is 9.06. The number of esters is 1. The van der Waals surface area contributed by atoms with Crippen molar-refractivity contribution in [1.29, 1.82) is 0 Å². The first-order valence-electron chi connectivity index (χ1n) is 9.06. The minimum absolute atomic E-state index is 0.261. The van der Waals surface area contributed by atoms with Crippen molar-refractivity contribution in [3.05, 3.63) is 35.9 Å². The fourth-order valence-electron chi connectivity index (χ4n) is 2.99. The second-order valence-electron chi connectivity index (χ2n) is 7.46. The molecule has 7 heteroatoms. The van der Waals surface area contributed by atoms with Crippen molar-refractivity contribution in [3.8, 4) is 0 Å². The number of hydrogen-bond donors (Lipinski definition) is 0. The zero-order valence-corrected chi connectivity index (χ0v) is 16.7. The number of amides is 1. The molecule has 1 fully saturated rings. The van der Waals surface area contributed by atoms with E-state index in [1.807, 2.05) is 26.8 Å². The number of benzene rings is 1. The molecule has 150 valence electrons. The number of carbonyl (C=O) groups is 2. The van der Waals surface area contributed by atoms with Gasteiger partial charge < -0.3 is 23.8 Å². The van der Waals surface area contributed by atoms with Gasteiger partial charge in [-0.2, -0.15) is 0 Å². The van der Waals surface area contributed by atoms with Gasteiger partial charge in [0.1, 0.15) is 5.60 Å². The van der Waals surface area contributed by atoms with E-state index in [0.717, 1.165) is 0 Å². The molecule has 1 unspecified atom stereocenters. The third kappa shape index (κ3) is 5.20. The smallest absolute Gasteiger partial charge is 0.410 e. The normalized spacial score (nSPS) is 17.9. The minimum atomic E-state index is -1.63. The Bertz CT molecular complexity index is 634. The lowest BCUT2D eigenvalue weighted by molar-refractivity contribution is -0.263. The van der Waals surface area contributed by atoms with Gasteiger partial charge in [0.15, 0.2) is 0 Å². The summed E-state index contributed by atoms with van der Waals surface area (Å²) >= 11 is 0. The van der Waals surface area contributed by atoms with Gasteiger partial charge in [0.25, 0.3) is 5.79 Å². The first-order chi connectivity index (χ1) is 12.7. The highest BCUT2D eigenvalue weighted by Crippen LogP contribution is 2.32. The molecule has 0 bridgehead atoms. The summed E-state index contributed by atoms with van der Waals surface area (Å²) in [6, 6.07) is 8.98. The van der Waals surface area contributed by atoms with Gasteiger partial charge in [-0.3, -0.25) is 0 Å². The average molecular weight is 379 g/mol. The lowest BCUT2D eigenvalue weighted by Gasteiger charge is -2.38. The number of ether oxygens (including phenoxy) is 4. The molecule has 1 aliphatic rings. The number of likely N-dealkylation sites (tertiary alicyclic amines) is 1. The molecule has 1 aromatic rings. The van der Waals surface area contributed by atoms with Gasteiger partial charge in [-0.15, -0.1) is 0 Å². The molecule has 7 nitrogen and oxygen atoms in total. The van der Waals surface area contributed by atoms with E-state index in [4.69, 9.17) is 18.9 Å². The van der Waals surface area contributed by atoms with Crippen molar-refractivity contribution in [3.63, 3.8) is 0 Å². The van der Waals surface area contributed by atoms with Crippen LogP contribution in [0.15, 0.2) is 30.3 Å². The lowest BCUT2D eigenvalue weighted by Crippen LogP contribution is -2.48. The molecule has 0 saturated carbocycles. The van der Waals surface area contributed by atoms with E-state index < -0.39 is 17.4 Å². The highest BCUT2D eigenvalue weighted by atomic mass is 16.7. The van der Waals surface area contributed by atoms with Crippen LogP contribution in [0.1, 0.15) is 39.2 Å². The van der Waals surface area contributed by atoms with E-state index in [0.29, 0.717) is 31.5 Å². The zero-order valence-electron chi connectivity index (χ0n) is 16.7. The SMILES string of the molecule is COC(=O)C(OC)(OC1CCN(C(=O)OC(C)(C)C)CC1)c1ccccc1. The first kappa shape index (κ1) is 21.2. The van der Waals surface area contributed by atoms with Crippen LogP contribution < -0.4 is 0 Å². The molecule has 0 aromatic heterocycles. The molecule has 0 aliphatic carbocycles. The molecule has 1 saturated heterocycles. The summed E-state index contributed by atoms with van der Waals surface area (Å²) < 4.78 is 22.0. The maximum atomic E-state index is 12.5. The second-order valence-corrected chi connectivity index (χ2v) is 7.46. The van der Waals surface area contributed by atoms with Gasteiger partial charge in [-0.05, 0) is 33.6 Å². The van der Waals surface area contributed by atoms with Crippen LogP contribution >= 0.6 is 0 Å². The predicted molar refractivity (Wildman–Crippen MR) is 99.1 cm³/mol. The van der Waals surface area contributed by atoms with Crippen LogP contribution in [0.2, 0.25) is 0 Å². The van der Waals surface area contributed by atoms with Gasteiger partial charge in [0.2, 0.25) is 0 Å². The van der Waals surface area contributed by atoms with Gasteiger partial charge in [-0.1, -0.05) is 30.3 Å². The second kappa shape index (κ2) is 8.71. The predicted octanol–water partition coefficient (Wildman–Crippen LogP) is 3.07. The van der Waals surface area contributed by atoms with E-state index >= 15 is 0 Å². The Morgan fingerprint density at radius 3 is 2.11 bits per heavy atom.